The van der Waals surface area contributed by atoms with Crippen molar-refractivity contribution in [2.24, 2.45) is 0 Å². The van der Waals surface area contributed by atoms with Crippen molar-refractivity contribution in [3.8, 4) is 22.9 Å². The second-order valence-electron chi connectivity index (χ2n) is 9.12. The number of benzene rings is 1. The molecule has 10 nitrogen and oxygen atoms in total. The zero-order valence-electron chi connectivity index (χ0n) is 19.5. The Labute approximate surface area is 199 Å². The van der Waals surface area contributed by atoms with E-state index in [0.29, 0.717) is 35.1 Å². The summed E-state index contributed by atoms with van der Waals surface area (Å²) in [7, 11) is -0.00511. The number of nitrogens with zero attached hydrogens (tertiary/aromatic N) is 5. The molecular formula is C23H29N7O3S. The maximum atomic E-state index is 12.3. The van der Waals surface area contributed by atoms with Crippen molar-refractivity contribution >= 4 is 15.8 Å². The fourth-order valence-electron chi connectivity index (χ4n) is 5.05. The van der Waals surface area contributed by atoms with E-state index < -0.39 is 10.0 Å². The van der Waals surface area contributed by atoms with Crippen LogP contribution < -0.4 is 15.2 Å². The molecule has 2 aliphatic heterocycles. The molecule has 2 aromatic heterocycles. The molecule has 0 saturated carbocycles. The molecule has 3 atom stereocenters. The van der Waals surface area contributed by atoms with E-state index in [1.165, 1.54) is 26.1 Å². The maximum absolute atomic E-state index is 12.3. The van der Waals surface area contributed by atoms with Gasteiger partial charge >= 0.3 is 0 Å². The lowest BCUT2D eigenvalue weighted by atomic mass is 9.98. The molecule has 2 aliphatic rings. The van der Waals surface area contributed by atoms with Gasteiger partial charge in [0.1, 0.15) is 0 Å². The highest BCUT2D eigenvalue weighted by Gasteiger charge is 2.39. The molecular weight excluding hydrogens is 454 g/mol. The second kappa shape index (κ2) is 8.64. The lowest BCUT2D eigenvalue weighted by Gasteiger charge is -2.36. The van der Waals surface area contributed by atoms with Crippen LogP contribution in [0.3, 0.4) is 0 Å². The van der Waals surface area contributed by atoms with E-state index in [0.717, 1.165) is 18.4 Å². The van der Waals surface area contributed by atoms with E-state index in [1.54, 1.807) is 18.3 Å². The summed E-state index contributed by atoms with van der Waals surface area (Å²) in [5, 5.41) is 4.54. The van der Waals surface area contributed by atoms with Gasteiger partial charge < -0.3 is 15.4 Å². The summed E-state index contributed by atoms with van der Waals surface area (Å²) in [6.45, 7) is 1.82. The molecule has 2 bridgehead atoms. The van der Waals surface area contributed by atoms with E-state index in [9.17, 15) is 8.42 Å². The fourth-order valence-corrected chi connectivity index (χ4v) is 5.91. The van der Waals surface area contributed by atoms with E-state index >= 15 is 0 Å². The fraction of sp³-hybridized carbons (Fsp3) is 0.435. The van der Waals surface area contributed by atoms with E-state index in [1.807, 2.05) is 23.9 Å². The summed E-state index contributed by atoms with van der Waals surface area (Å²) in [6.07, 6.45) is 9.71. The van der Waals surface area contributed by atoms with Gasteiger partial charge in [-0.2, -0.15) is 5.10 Å². The molecule has 2 saturated heterocycles. The van der Waals surface area contributed by atoms with Gasteiger partial charge in [-0.3, -0.25) is 4.68 Å². The number of nitrogen functional groups attached to an aromatic ring is 1. The standard InChI is InChI=1S/C23H29N7O3S/c1-14-6-15(8-20(7-14)34(31,32)25-2)21-12-26-22(24)23(28-21)33-19-11-27-30(13-19)18-9-16-4-5-17(10-18)29(16)3/h6-8,11-13,16-18,25H,4-5,9-10H2,1-3H3,(H2,24,26)/t16-,17+,18-. The number of anilines is 1. The van der Waals surface area contributed by atoms with E-state index in [4.69, 9.17) is 10.5 Å². The van der Waals surface area contributed by atoms with Crippen molar-refractivity contribution in [1.29, 1.82) is 0 Å². The van der Waals surface area contributed by atoms with Crippen LogP contribution in [0.25, 0.3) is 11.3 Å². The molecule has 3 aromatic rings. The number of hydrogen-bond donors (Lipinski definition) is 2. The molecule has 11 heteroatoms. The smallest absolute Gasteiger partial charge is 0.263 e. The highest BCUT2D eigenvalue weighted by Crippen LogP contribution is 2.40. The van der Waals surface area contributed by atoms with Crippen molar-refractivity contribution in [3.63, 3.8) is 0 Å². The molecule has 0 radical (unpaired) electrons. The number of hydrogen-bond acceptors (Lipinski definition) is 8. The van der Waals surface area contributed by atoms with E-state index in [2.05, 4.69) is 31.7 Å². The zero-order chi connectivity index (χ0) is 24.0. The summed E-state index contributed by atoms with van der Waals surface area (Å²) in [5.74, 6) is 0.830. The van der Waals surface area contributed by atoms with Crippen molar-refractivity contribution in [2.45, 2.75) is 55.6 Å². The number of fused-ring (bicyclic) bond motifs is 2. The summed E-state index contributed by atoms with van der Waals surface area (Å²) in [6, 6.07) is 6.56. The molecule has 34 heavy (non-hydrogen) atoms. The summed E-state index contributed by atoms with van der Waals surface area (Å²) in [5.41, 5.74) is 7.88. The number of sulfonamides is 1. The van der Waals surface area contributed by atoms with Gasteiger partial charge in [0.25, 0.3) is 5.88 Å². The normalized spacial score (nSPS) is 22.7. The predicted octanol–water partition coefficient (Wildman–Crippen LogP) is 2.73. The lowest BCUT2D eigenvalue weighted by Crippen LogP contribution is -2.40. The zero-order valence-corrected chi connectivity index (χ0v) is 20.3. The van der Waals surface area contributed by atoms with Gasteiger partial charge in [0.05, 0.1) is 35.2 Å². The molecule has 3 N–H and O–H groups in total. The van der Waals surface area contributed by atoms with Crippen LogP contribution in [0.1, 0.15) is 37.3 Å². The van der Waals surface area contributed by atoms with Gasteiger partial charge in [-0.05, 0) is 70.5 Å². The Hall–Kier alpha value is -3.02. The number of aryl methyl sites for hydroxylation is 1. The number of piperidine rings is 1. The lowest BCUT2D eigenvalue weighted by molar-refractivity contribution is 0.131. The third-order valence-corrected chi connectivity index (χ3v) is 8.33. The average molecular weight is 484 g/mol. The molecule has 1 aromatic carbocycles. The minimum Gasteiger partial charge on any atom is -0.433 e. The summed E-state index contributed by atoms with van der Waals surface area (Å²) in [4.78, 5) is 11.4. The third-order valence-electron chi connectivity index (χ3n) is 6.93. The first-order valence-corrected chi connectivity index (χ1v) is 12.8. The van der Waals surface area contributed by atoms with Crippen molar-refractivity contribution in [2.75, 3.05) is 19.8 Å². The SMILES string of the molecule is CNS(=O)(=O)c1cc(C)cc(-c2cnc(N)c(Oc3cnn([C@@H]4C[C@H]5CC[C@@H](C4)N5C)c3)n2)c1. The number of nitrogens with one attached hydrogen (secondary N) is 1. The number of rotatable bonds is 6. The second-order valence-corrected chi connectivity index (χ2v) is 11.0. The van der Waals surface area contributed by atoms with Gasteiger partial charge in [-0.15, -0.1) is 0 Å². The Bertz CT molecular complexity index is 1310. The topological polar surface area (TPSA) is 128 Å². The van der Waals surface area contributed by atoms with Gasteiger partial charge in [0.15, 0.2) is 11.6 Å². The van der Waals surface area contributed by atoms with Crippen LogP contribution in [-0.4, -0.2) is 59.2 Å². The average Bonchev–Trinajstić information content (AvgIpc) is 3.34. The van der Waals surface area contributed by atoms with Gasteiger partial charge in [0.2, 0.25) is 10.0 Å². The maximum Gasteiger partial charge on any atom is 0.263 e. The Balaban J connectivity index is 1.39. The Morgan fingerprint density at radius 1 is 1.12 bits per heavy atom. The van der Waals surface area contributed by atoms with Gasteiger partial charge in [0, 0.05) is 17.6 Å². The Kier molecular flexibility index (Phi) is 5.78. The molecule has 0 aliphatic carbocycles. The quantitative estimate of drug-likeness (QED) is 0.548. The van der Waals surface area contributed by atoms with Gasteiger partial charge in [-0.25, -0.2) is 23.1 Å². The third kappa shape index (κ3) is 4.26. The molecule has 0 amide bonds. The minimum absolute atomic E-state index is 0.143. The van der Waals surface area contributed by atoms with Crippen molar-refractivity contribution < 1.29 is 13.2 Å². The van der Waals surface area contributed by atoms with Crippen LogP contribution >= 0.6 is 0 Å². The largest absolute Gasteiger partial charge is 0.433 e. The van der Waals surface area contributed by atoms with Crippen LogP contribution in [0, 0.1) is 6.92 Å². The van der Waals surface area contributed by atoms with Gasteiger partial charge in [-0.1, -0.05) is 0 Å². The van der Waals surface area contributed by atoms with Crippen LogP contribution in [0.5, 0.6) is 11.6 Å². The molecule has 0 unspecified atom stereocenters. The first-order valence-electron chi connectivity index (χ1n) is 11.4. The number of nitrogens with two attached hydrogens (primary N) is 1. The minimum atomic E-state index is -3.60. The molecule has 4 heterocycles. The Morgan fingerprint density at radius 3 is 2.56 bits per heavy atom. The Morgan fingerprint density at radius 2 is 1.85 bits per heavy atom. The summed E-state index contributed by atoms with van der Waals surface area (Å²) >= 11 is 0. The summed E-state index contributed by atoms with van der Waals surface area (Å²) < 4.78 is 34.9. The van der Waals surface area contributed by atoms with Crippen LogP contribution in [0.2, 0.25) is 0 Å². The number of aromatic nitrogens is 4. The van der Waals surface area contributed by atoms with E-state index in [-0.39, 0.29) is 16.6 Å². The predicted molar refractivity (Wildman–Crippen MR) is 128 cm³/mol. The highest BCUT2D eigenvalue weighted by molar-refractivity contribution is 7.89. The molecule has 0 spiro atoms. The molecule has 5 rings (SSSR count). The first kappa shape index (κ1) is 22.8. The number of ether oxygens (including phenoxy) is 1. The highest BCUT2D eigenvalue weighted by atomic mass is 32.2. The first-order chi connectivity index (χ1) is 16.2. The van der Waals surface area contributed by atoms with Crippen molar-refractivity contribution in [3.05, 3.63) is 42.4 Å². The molecule has 180 valence electrons. The van der Waals surface area contributed by atoms with Crippen LogP contribution in [-0.2, 0) is 10.0 Å². The monoisotopic (exact) mass is 483 g/mol. The molecule has 2 fully saturated rings. The van der Waals surface area contributed by atoms with Crippen LogP contribution in [0.15, 0.2) is 41.7 Å². The van der Waals surface area contributed by atoms with Crippen molar-refractivity contribution in [1.82, 2.24) is 29.4 Å². The van der Waals surface area contributed by atoms with Crippen LogP contribution in [0.4, 0.5) is 5.82 Å².